The van der Waals surface area contributed by atoms with E-state index in [1.54, 1.807) is 32.0 Å². The van der Waals surface area contributed by atoms with E-state index >= 15 is 0 Å². The van der Waals surface area contributed by atoms with Crippen molar-refractivity contribution in [2.45, 2.75) is 116 Å². The largest absolute Gasteiger partial charge is 0.490 e. The molecule has 0 saturated heterocycles. The Morgan fingerprint density at radius 1 is 1.12 bits per heavy atom. The Hall–Kier alpha value is -3.39. The van der Waals surface area contributed by atoms with Crippen LogP contribution >= 0.6 is 0 Å². The number of esters is 1. The Morgan fingerprint density at radius 3 is 2.51 bits per heavy atom. The molecule has 11 nitrogen and oxygen atoms in total. The van der Waals surface area contributed by atoms with E-state index in [2.05, 4.69) is 5.32 Å². The average molecular weight is 702 g/mol. The number of benzene rings is 1. The van der Waals surface area contributed by atoms with E-state index in [4.69, 9.17) is 14.2 Å². The van der Waals surface area contributed by atoms with Crippen LogP contribution in [0.5, 0.6) is 5.75 Å². The summed E-state index contributed by atoms with van der Waals surface area (Å²) in [5, 5.41) is 13.0. The number of alkyl halides is 3. The average Bonchev–Trinajstić information content (AvgIpc) is 3.04. The van der Waals surface area contributed by atoms with Gasteiger partial charge in [0.25, 0.3) is 5.91 Å². The van der Waals surface area contributed by atoms with Crippen LogP contribution in [-0.2, 0) is 23.9 Å². The highest BCUT2D eigenvalue weighted by molar-refractivity contribution is 5.99. The number of nitrogens with one attached hydrogen (secondary N) is 1. The first-order chi connectivity index (χ1) is 23.1. The van der Waals surface area contributed by atoms with Crippen LogP contribution in [0.4, 0.5) is 18.9 Å². The molecule has 1 aromatic rings. The molecule has 0 spiro atoms. The highest BCUT2D eigenvalue weighted by Gasteiger charge is 2.32. The molecule has 1 aliphatic rings. The molecule has 1 aliphatic heterocycles. The molecule has 3 amide bonds. The molecular formula is C35H54F3N3O8. The second-order valence-corrected chi connectivity index (χ2v) is 12.8. The smallest absolute Gasteiger partial charge is 0.389 e. The minimum atomic E-state index is -4.45. The third-order valence-electron chi connectivity index (χ3n) is 8.43. The van der Waals surface area contributed by atoms with Crippen molar-refractivity contribution in [2.24, 2.45) is 5.92 Å². The van der Waals surface area contributed by atoms with E-state index in [1.807, 2.05) is 13.8 Å². The zero-order valence-electron chi connectivity index (χ0n) is 29.5. The lowest BCUT2D eigenvalue weighted by molar-refractivity contribution is -0.149. The molecule has 1 heterocycles. The van der Waals surface area contributed by atoms with Gasteiger partial charge in [-0.3, -0.25) is 19.2 Å². The molecule has 0 aromatic heterocycles. The van der Waals surface area contributed by atoms with Crippen molar-refractivity contribution in [1.82, 2.24) is 9.80 Å². The second kappa shape index (κ2) is 21.0. The lowest BCUT2D eigenvalue weighted by Crippen LogP contribution is -2.48. The number of amides is 3. The van der Waals surface area contributed by atoms with Gasteiger partial charge < -0.3 is 34.4 Å². The molecule has 0 fully saturated rings. The zero-order valence-corrected chi connectivity index (χ0v) is 29.5. The summed E-state index contributed by atoms with van der Waals surface area (Å²) in [5.41, 5.74) is 0.589. The summed E-state index contributed by atoms with van der Waals surface area (Å²) in [7, 11) is 1.44. The van der Waals surface area contributed by atoms with Crippen LogP contribution in [-0.4, -0.2) is 103 Å². The maximum absolute atomic E-state index is 14.2. The summed E-state index contributed by atoms with van der Waals surface area (Å²) < 4.78 is 55.5. The van der Waals surface area contributed by atoms with Crippen molar-refractivity contribution < 1.29 is 51.7 Å². The van der Waals surface area contributed by atoms with Crippen molar-refractivity contribution in [3.63, 3.8) is 0 Å². The van der Waals surface area contributed by atoms with Crippen LogP contribution in [0.15, 0.2) is 18.2 Å². The Bertz CT molecular complexity index is 1220. The number of carbonyl (C=O) groups excluding carboxylic acids is 4. The number of aliphatic hydroxyl groups is 1. The number of unbranched alkanes of at least 4 members (excludes halogenated alkanes) is 2. The van der Waals surface area contributed by atoms with Crippen LogP contribution in [0, 0.1) is 5.92 Å². The van der Waals surface area contributed by atoms with Gasteiger partial charge in [-0.2, -0.15) is 13.2 Å². The van der Waals surface area contributed by atoms with Crippen molar-refractivity contribution >= 4 is 29.4 Å². The third-order valence-corrected chi connectivity index (χ3v) is 8.43. The fraction of sp³-hybridized carbons (Fsp3) is 0.714. The van der Waals surface area contributed by atoms with E-state index < -0.39 is 43.0 Å². The Labute approximate surface area is 287 Å². The molecule has 1 aromatic carbocycles. The summed E-state index contributed by atoms with van der Waals surface area (Å²) in [5.74, 6) is -1.67. The van der Waals surface area contributed by atoms with Crippen molar-refractivity contribution in [2.75, 3.05) is 45.3 Å². The zero-order chi connectivity index (χ0) is 36.6. The Kier molecular flexibility index (Phi) is 17.9. The first kappa shape index (κ1) is 41.8. The summed E-state index contributed by atoms with van der Waals surface area (Å²) in [6.07, 6.45) is -2.74. The molecule has 14 heteroatoms. The van der Waals surface area contributed by atoms with Gasteiger partial charge in [0.05, 0.1) is 43.4 Å². The van der Waals surface area contributed by atoms with E-state index in [1.165, 1.54) is 16.8 Å². The predicted molar refractivity (Wildman–Crippen MR) is 178 cm³/mol. The number of likely N-dealkylation sites (N-methyl/N-ethyl adjacent to an activating group) is 1. The van der Waals surface area contributed by atoms with Gasteiger partial charge in [-0.05, 0) is 71.1 Å². The Morgan fingerprint density at radius 2 is 1.84 bits per heavy atom. The van der Waals surface area contributed by atoms with Gasteiger partial charge in [0.2, 0.25) is 11.8 Å². The molecule has 2 N–H and O–H groups in total. The SMILES string of the molecule is CCOC(=O)CCCCCC(=O)Nc1ccc2c(c1)C(=O)N([C@H](C)CO)C[C@@H](C)[C@@H](CN(C)C(=O)CCC(F)(F)F)OCCCC[C@H](C)O2. The number of hydrogen-bond acceptors (Lipinski definition) is 8. The summed E-state index contributed by atoms with van der Waals surface area (Å²) in [6.45, 7) is 7.62. The molecule has 49 heavy (non-hydrogen) atoms. The van der Waals surface area contributed by atoms with E-state index in [0.717, 1.165) is 6.42 Å². The standard InChI is InChI=1S/C35H54F3N3O8/c1-6-47-33(45)14-9-7-8-13-31(43)39-27-15-16-29-28(20-27)34(46)41(25(3)23-42)21-24(2)30(48-19-11-10-12-26(4)49-29)22-40(5)32(44)17-18-35(36,37)38/h15-16,20,24-26,30,42H,6-14,17-19,21-23H2,1-5H3,(H,39,43)/t24-,25-,26+,30-/m1/s1. The highest BCUT2D eigenvalue weighted by Crippen LogP contribution is 2.29. The first-order valence-corrected chi connectivity index (χ1v) is 17.2. The van der Waals surface area contributed by atoms with Gasteiger partial charge in [-0.1, -0.05) is 13.3 Å². The topological polar surface area (TPSA) is 135 Å². The predicted octanol–water partition coefficient (Wildman–Crippen LogP) is 5.74. The molecule has 0 unspecified atom stereocenters. The number of hydrogen-bond donors (Lipinski definition) is 2. The molecular weight excluding hydrogens is 647 g/mol. The number of aliphatic hydroxyl groups excluding tert-OH is 1. The van der Waals surface area contributed by atoms with E-state index in [9.17, 15) is 37.5 Å². The van der Waals surface area contributed by atoms with Gasteiger partial charge >= 0.3 is 12.1 Å². The second-order valence-electron chi connectivity index (χ2n) is 12.8. The van der Waals surface area contributed by atoms with Gasteiger partial charge in [0, 0.05) is 57.6 Å². The van der Waals surface area contributed by atoms with Crippen molar-refractivity contribution in [3.8, 4) is 5.75 Å². The number of halogens is 3. The van der Waals surface area contributed by atoms with E-state index in [-0.39, 0.29) is 55.6 Å². The number of carbonyl (C=O) groups is 4. The monoisotopic (exact) mass is 701 g/mol. The van der Waals surface area contributed by atoms with Crippen LogP contribution < -0.4 is 10.1 Å². The lowest BCUT2D eigenvalue weighted by atomic mass is 10.0. The normalized spacial score (nSPS) is 20.0. The van der Waals surface area contributed by atoms with Gasteiger partial charge in [-0.15, -0.1) is 0 Å². The number of rotatable bonds is 14. The lowest BCUT2D eigenvalue weighted by Gasteiger charge is -2.36. The van der Waals surface area contributed by atoms with Crippen LogP contribution in [0.3, 0.4) is 0 Å². The minimum Gasteiger partial charge on any atom is -0.490 e. The summed E-state index contributed by atoms with van der Waals surface area (Å²) >= 11 is 0. The number of ether oxygens (including phenoxy) is 3. The maximum Gasteiger partial charge on any atom is 0.389 e. The third kappa shape index (κ3) is 15.4. The van der Waals surface area contributed by atoms with Crippen molar-refractivity contribution in [3.05, 3.63) is 23.8 Å². The summed E-state index contributed by atoms with van der Waals surface area (Å²) in [6, 6.07) is 4.23. The van der Waals surface area contributed by atoms with Gasteiger partial charge in [-0.25, -0.2) is 0 Å². The maximum atomic E-state index is 14.2. The number of nitrogens with zero attached hydrogens (tertiary/aromatic N) is 2. The van der Waals surface area contributed by atoms with Gasteiger partial charge in [0.1, 0.15) is 5.75 Å². The molecule has 0 radical (unpaired) electrons. The van der Waals surface area contributed by atoms with Crippen LogP contribution in [0.25, 0.3) is 0 Å². The highest BCUT2D eigenvalue weighted by atomic mass is 19.4. The molecule has 0 aliphatic carbocycles. The minimum absolute atomic E-state index is 0.0303. The fourth-order valence-electron chi connectivity index (χ4n) is 5.46. The molecule has 0 saturated carbocycles. The molecule has 4 atom stereocenters. The summed E-state index contributed by atoms with van der Waals surface area (Å²) in [4.78, 5) is 53.8. The van der Waals surface area contributed by atoms with Crippen LogP contribution in [0.2, 0.25) is 0 Å². The first-order valence-electron chi connectivity index (χ1n) is 17.2. The van der Waals surface area contributed by atoms with Gasteiger partial charge in [0.15, 0.2) is 0 Å². The van der Waals surface area contributed by atoms with E-state index in [0.29, 0.717) is 63.2 Å². The quantitative estimate of drug-likeness (QED) is 0.186. The number of anilines is 1. The molecule has 0 bridgehead atoms. The molecule has 278 valence electrons. The Balaban J connectivity index is 2.27. The van der Waals surface area contributed by atoms with Crippen molar-refractivity contribution in [1.29, 1.82) is 0 Å². The van der Waals surface area contributed by atoms with Crippen LogP contribution in [0.1, 0.15) is 102 Å². The molecule has 2 rings (SSSR count). The fourth-order valence-corrected chi connectivity index (χ4v) is 5.46. The number of fused-ring (bicyclic) bond motifs is 1.